The van der Waals surface area contributed by atoms with Crippen LogP contribution in [0.1, 0.15) is 70.4 Å². The number of alkyl halides is 3. The van der Waals surface area contributed by atoms with Crippen LogP contribution in [0.25, 0.3) is 0 Å². The number of anilines is 2. The van der Waals surface area contributed by atoms with E-state index in [-0.39, 0.29) is 36.4 Å². The molecule has 0 atom stereocenters. The van der Waals surface area contributed by atoms with Gasteiger partial charge in [0, 0.05) is 25.0 Å². The molecule has 0 bridgehead atoms. The summed E-state index contributed by atoms with van der Waals surface area (Å²) in [6.07, 6.45) is 1.31. The Morgan fingerprint density at radius 1 is 1.12 bits per heavy atom. The zero-order chi connectivity index (χ0) is 30.8. The maximum atomic E-state index is 13.6. The highest BCUT2D eigenvalue weighted by Gasteiger charge is 2.52. The van der Waals surface area contributed by atoms with E-state index in [1.54, 1.807) is 52.2 Å². The largest absolute Gasteiger partial charge is 0.493 e. The number of hydrogen-bond acceptors (Lipinski definition) is 7. The Labute approximate surface area is 241 Å². The predicted molar refractivity (Wildman–Crippen MR) is 147 cm³/mol. The number of rotatable bonds is 8. The topological polar surface area (TPSA) is 112 Å². The molecule has 1 aromatic carbocycles. The van der Waals surface area contributed by atoms with Crippen LogP contribution in [-0.2, 0) is 25.8 Å². The van der Waals surface area contributed by atoms with E-state index in [4.69, 9.17) is 0 Å². The molecule has 1 saturated heterocycles. The average Bonchev–Trinajstić information content (AvgIpc) is 3.51. The summed E-state index contributed by atoms with van der Waals surface area (Å²) in [5.74, 6) is -4.41. The van der Waals surface area contributed by atoms with Crippen molar-refractivity contribution >= 4 is 35.2 Å². The number of hydroxylamine groups is 1. The molecule has 1 aromatic heterocycles. The molecule has 13 heteroatoms. The molecule has 4 amide bonds. The third kappa shape index (κ3) is 6.40. The van der Waals surface area contributed by atoms with Crippen molar-refractivity contribution in [3.63, 3.8) is 0 Å². The smallest absolute Gasteiger partial charge is 0.324 e. The number of nitrogens with one attached hydrogen (secondary N) is 1. The fraction of sp³-hybridized carbons (Fsp3) is 0.483. The molecule has 0 radical (unpaired) electrons. The molecule has 0 spiro atoms. The minimum absolute atomic E-state index is 0.0125. The lowest BCUT2D eigenvalue weighted by atomic mass is 9.99. The number of nitrogens with zero attached hydrogens (tertiary/aromatic N) is 4. The van der Waals surface area contributed by atoms with E-state index >= 15 is 0 Å². The quantitative estimate of drug-likeness (QED) is 0.347. The van der Waals surface area contributed by atoms with Crippen LogP contribution in [-0.4, -0.2) is 58.0 Å². The van der Waals surface area contributed by atoms with Crippen LogP contribution in [0.3, 0.4) is 0 Å². The van der Waals surface area contributed by atoms with E-state index in [0.29, 0.717) is 10.6 Å². The van der Waals surface area contributed by atoms with Crippen LogP contribution in [0, 0.1) is 0 Å². The lowest BCUT2D eigenvalue weighted by molar-refractivity contribution is -0.201. The average molecular weight is 590 g/mol. The fourth-order valence-corrected chi connectivity index (χ4v) is 5.14. The zero-order valence-electron chi connectivity index (χ0n) is 23.9. The van der Waals surface area contributed by atoms with Gasteiger partial charge in [-0.3, -0.25) is 14.6 Å². The summed E-state index contributed by atoms with van der Waals surface area (Å²) >= 11 is 0. The molecular weight excluding hydrogens is 555 g/mol. The van der Waals surface area contributed by atoms with Crippen molar-refractivity contribution in [1.82, 2.24) is 15.2 Å². The van der Waals surface area contributed by atoms with E-state index in [9.17, 15) is 32.3 Å². The van der Waals surface area contributed by atoms with Gasteiger partial charge in [-0.1, -0.05) is 32.8 Å². The van der Waals surface area contributed by atoms with Gasteiger partial charge in [-0.25, -0.2) is 14.5 Å². The molecule has 2 aromatic rings. The summed E-state index contributed by atoms with van der Waals surface area (Å²) in [4.78, 5) is 63.4. The Morgan fingerprint density at radius 2 is 1.76 bits per heavy atom. The molecule has 226 valence electrons. The highest BCUT2D eigenvalue weighted by Crippen LogP contribution is 2.38. The molecule has 1 N–H and O–H groups in total. The van der Waals surface area contributed by atoms with E-state index in [0.717, 1.165) is 36.1 Å². The normalized spacial score (nSPS) is 17.3. The monoisotopic (exact) mass is 589 g/mol. The maximum Gasteiger partial charge on any atom is 0.493 e. The first-order chi connectivity index (χ1) is 19.7. The number of hydrogen-bond donors (Lipinski definition) is 1. The summed E-state index contributed by atoms with van der Waals surface area (Å²) in [7, 11) is 0. The van der Waals surface area contributed by atoms with Gasteiger partial charge in [0.05, 0.1) is 17.9 Å². The third-order valence-electron chi connectivity index (χ3n) is 7.56. The lowest BCUT2D eigenvalue weighted by Gasteiger charge is -2.27. The van der Waals surface area contributed by atoms with Crippen LogP contribution in [0.5, 0.6) is 0 Å². The minimum Gasteiger partial charge on any atom is -0.324 e. The minimum atomic E-state index is -5.37. The first-order valence-electron chi connectivity index (χ1n) is 13.8. The van der Waals surface area contributed by atoms with Gasteiger partial charge in [0.2, 0.25) is 0 Å². The Kier molecular flexibility index (Phi) is 8.90. The van der Waals surface area contributed by atoms with E-state index in [1.807, 2.05) is 0 Å². The number of carbonyl (C=O) groups is 4. The van der Waals surface area contributed by atoms with Gasteiger partial charge in [0.25, 0.3) is 11.8 Å². The highest BCUT2D eigenvalue weighted by molar-refractivity contribution is 6.23. The number of aromatic nitrogens is 1. The first kappa shape index (κ1) is 30.9. The van der Waals surface area contributed by atoms with E-state index in [1.165, 1.54) is 23.1 Å². The summed E-state index contributed by atoms with van der Waals surface area (Å²) in [5.41, 5.74) is -0.318. The predicted octanol–water partition coefficient (Wildman–Crippen LogP) is 4.84. The van der Waals surface area contributed by atoms with Gasteiger partial charge < -0.3 is 15.1 Å². The van der Waals surface area contributed by atoms with E-state index < -0.39 is 35.5 Å². The molecule has 2 heterocycles. The fourth-order valence-electron chi connectivity index (χ4n) is 5.14. The summed E-state index contributed by atoms with van der Waals surface area (Å²) in [6, 6.07) is 6.99. The van der Waals surface area contributed by atoms with Crippen molar-refractivity contribution in [2.75, 3.05) is 16.5 Å². The molecule has 10 nitrogen and oxygen atoms in total. The highest BCUT2D eigenvalue weighted by atomic mass is 19.4. The Bertz CT molecular complexity index is 1340. The number of urea groups is 1. The van der Waals surface area contributed by atoms with Crippen molar-refractivity contribution in [3.05, 3.63) is 53.9 Å². The number of carbonyl (C=O) groups excluding carboxylic acids is 4. The molecule has 1 aliphatic heterocycles. The van der Waals surface area contributed by atoms with Crippen LogP contribution < -0.4 is 15.3 Å². The van der Waals surface area contributed by atoms with Crippen molar-refractivity contribution in [2.45, 2.75) is 83.6 Å². The summed E-state index contributed by atoms with van der Waals surface area (Å²) in [6.45, 7) is 6.39. The lowest BCUT2D eigenvalue weighted by Crippen LogP contribution is -2.45. The van der Waals surface area contributed by atoms with Crippen LogP contribution in [0.15, 0.2) is 42.7 Å². The van der Waals surface area contributed by atoms with Crippen molar-refractivity contribution in [2.24, 2.45) is 0 Å². The van der Waals surface area contributed by atoms with Gasteiger partial charge in [0.1, 0.15) is 5.54 Å². The maximum absolute atomic E-state index is 13.6. The number of benzene rings is 1. The molecule has 2 aliphatic rings. The second kappa shape index (κ2) is 12.1. The first-order valence-corrected chi connectivity index (χ1v) is 13.8. The molecule has 2 fully saturated rings. The number of imide groups is 1. The number of pyridine rings is 1. The molecule has 42 heavy (non-hydrogen) atoms. The standard InChI is InChI=1S/C29H34F3N5O5/c1-18(2)22-10-9-21(36-25(39)28(3,4)35(27(36)41)17-19-11-13-33-14-12-19)15-23(22)37(42-26(40)29(30,31)32)24(38)16-34-20-7-5-6-8-20/h9-15,18,20,34H,5-8,16-17H2,1-4H3. The van der Waals surface area contributed by atoms with Crippen molar-refractivity contribution in [1.29, 1.82) is 0 Å². The molecular formula is C29H34F3N5O5. The van der Waals surface area contributed by atoms with Crippen LogP contribution in [0.2, 0.25) is 0 Å². The van der Waals surface area contributed by atoms with Crippen molar-refractivity contribution < 1.29 is 37.2 Å². The Morgan fingerprint density at radius 3 is 2.36 bits per heavy atom. The van der Waals surface area contributed by atoms with Crippen LogP contribution >= 0.6 is 0 Å². The number of halogens is 3. The molecule has 0 unspecified atom stereocenters. The molecule has 4 rings (SSSR count). The SMILES string of the molecule is CC(C)c1ccc(N2C(=O)N(Cc3ccncc3)C(C)(C)C2=O)cc1N(OC(=O)C(F)(F)F)C(=O)CNC1CCCC1. The van der Waals surface area contributed by atoms with Gasteiger partial charge >= 0.3 is 18.2 Å². The third-order valence-corrected chi connectivity index (χ3v) is 7.56. The second-order valence-corrected chi connectivity index (χ2v) is 11.2. The van der Waals surface area contributed by atoms with Gasteiger partial charge in [-0.2, -0.15) is 13.2 Å². The van der Waals surface area contributed by atoms with Gasteiger partial charge in [-0.05, 0) is 68.0 Å². The second-order valence-electron chi connectivity index (χ2n) is 11.2. The molecule has 1 saturated carbocycles. The summed E-state index contributed by atoms with van der Waals surface area (Å²) in [5, 5.41) is 3.34. The van der Waals surface area contributed by atoms with Crippen LogP contribution in [0.4, 0.5) is 29.3 Å². The zero-order valence-corrected chi connectivity index (χ0v) is 23.9. The van der Waals surface area contributed by atoms with Gasteiger partial charge in [0.15, 0.2) is 0 Å². The molecule has 1 aliphatic carbocycles. The van der Waals surface area contributed by atoms with E-state index in [2.05, 4.69) is 15.1 Å². The Hall–Kier alpha value is -4.00. The Balaban J connectivity index is 1.72. The summed E-state index contributed by atoms with van der Waals surface area (Å²) < 4.78 is 39.8. The van der Waals surface area contributed by atoms with Gasteiger partial charge in [-0.15, -0.1) is 5.06 Å². The number of amides is 4. The van der Waals surface area contributed by atoms with Crippen molar-refractivity contribution in [3.8, 4) is 0 Å².